The van der Waals surface area contributed by atoms with Gasteiger partial charge in [-0.2, -0.15) is 0 Å². The van der Waals surface area contributed by atoms with E-state index < -0.39 is 0 Å². The maximum Gasteiger partial charge on any atom is 0.194 e. The van der Waals surface area contributed by atoms with E-state index in [2.05, 4.69) is 0 Å². The fourth-order valence-electron chi connectivity index (χ4n) is 1.39. The standard InChI is InChI=1S/C13H9ClO.2ClH/c14-12-9-5-4-8-11(12)13(15)10-6-2-1-3-7-10;;/h1-9H;2*1H. The van der Waals surface area contributed by atoms with Gasteiger partial charge in [-0.05, 0) is 12.1 Å². The molecule has 1 nitrogen and oxygen atoms in total. The highest BCUT2D eigenvalue weighted by Crippen LogP contribution is 2.18. The van der Waals surface area contributed by atoms with Gasteiger partial charge in [0.15, 0.2) is 5.78 Å². The van der Waals surface area contributed by atoms with E-state index in [0.717, 1.165) is 0 Å². The Kier molecular flexibility index (Phi) is 6.89. The summed E-state index contributed by atoms with van der Waals surface area (Å²) in [7, 11) is 0. The van der Waals surface area contributed by atoms with Gasteiger partial charge in [-0.1, -0.05) is 54.1 Å². The number of rotatable bonds is 2. The molecule has 4 heteroatoms. The van der Waals surface area contributed by atoms with E-state index in [4.69, 9.17) is 11.6 Å². The SMILES string of the molecule is Cl.Cl.O=C(c1ccccc1)c1ccccc1Cl. The minimum atomic E-state index is -0.0406. The fraction of sp³-hybridized carbons (Fsp3) is 0. The van der Waals surface area contributed by atoms with Crippen molar-refractivity contribution < 1.29 is 4.79 Å². The Morgan fingerprint density at radius 1 is 0.824 bits per heavy atom. The summed E-state index contributed by atoms with van der Waals surface area (Å²) in [6, 6.07) is 16.2. The number of ketones is 1. The fourth-order valence-corrected chi connectivity index (χ4v) is 1.61. The third kappa shape index (κ3) is 3.74. The van der Waals surface area contributed by atoms with Gasteiger partial charge in [-0.15, -0.1) is 24.8 Å². The molecule has 0 atom stereocenters. The van der Waals surface area contributed by atoms with E-state index in [-0.39, 0.29) is 30.6 Å². The molecule has 0 aliphatic rings. The summed E-state index contributed by atoms with van der Waals surface area (Å²) >= 11 is 5.95. The molecule has 0 bridgehead atoms. The molecule has 90 valence electrons. The lowest BCUT2D eigenvalue weighted by atomic mass is 10.0. The highest BCUT2D eigenvalue weighted by Gasteiger charge is 2.10. The van der Waals surface area contributed by atoms with Crippen LogP contribution in [0.5, 0.6) is 0 Å². The molecular weight excluding hydrogens is 279 g/mol. The van der Waals surface area contributed by atoms with Crippen molar-refractivity contribution in [1.29, 1.82) is 0 Å². The van der Waals surface area contributed by atoms with Crippen molar-refractivity contribution in [3.05, 3.63) is 70.7 Å². The van der Waals surface area contributed by atoms with Gasteiger partial charge in [0, 0.05) is 11.1 Å². The first-order valence-electron chi connectivity index (χ1n) is 4.63. The van der Waals surface area contributed by atoms with Crippen molar-refractivity contribution in [2.45, 2.75) is 0 Å². The molecule has 17 heavy (non-hydrogen) atoms. The van der Waals surface area contributed by atoms with Crippen LogP contribution in [0, 0.1) is 0 Å². The van der Waals surface area contributed by atoms with Gasteiger partial charge in [0.25, 0.3) is 0 Å². The highest BCUT2D eigenvalue weighted by molar-refractivity contribution is 6.34. The molecule has 0 radical (unpaired) electrons. The molecule has 0 aliphatic heterocycles. The third-order valence-electron chi connectivity index (χ3n) is 2.15. The molecule has 2 aromatic carbocycles. The highest BCUT2D eigenvalue weighted by atomic mass is 35.5. The number of carbonyl (C=O) groups excluding carboxylic acids is 1. The summed E-state index contributed by atoms with van der Waals surface area (Å²) in [5.41, 5.74) is 1.20. The lowest BCUT2D eigenvalue weighted by Crippen LogP contribution is -2.01. The summed E-state index contributed by atoms with van der Waals surface area (Å²) in [6.45, 7) is 0. The molecule has 0 saturated heterocycles. The Labute approximate surface area is 118 Å². The lowest BCUT2D eigenvalue weighted by molar-refractivity contribution is 0.103. The van der Waals surface area contributed by atoms with Crippen molar-refractivity contribution in [3.8, 4) is 0 Å². The molecule has 0 aromatic heterocycles. The number of halogens is 3. The van der Waals surface area contributed by atoms with Crippen LogP contribution in [0.15, 0.2) is 54.6 Å². The van der Waals surface area contributed by atoms with Gasteiger partial charge < -0.3 is 0 Å². The molecule has 0 fully saturated rings. The molecule has 0 spiro atoms. The summed E-state index contributed by atoms with van der Waals surface area (Å²) < 4.78 is 0. The molecule has 2 aromatic rings. The molecule has 0 saturated carbocycles. The zero-order valence-corrected chi connectivity index (χ0v) is 11.2. The average Bonchev–Trinajstić information content (AvgIpc) is 2.30. The zero-order valence-electron chi connectivity index (χ0n) is 8.80. The van der Waals surface area contributed by atoms with E-state index in [1.165, 1.54) is 0 Å². The van der Waals surface area contributed by atoms with E-state index in [1.807, 2.05) is 30.3 Å². The van der Waals surface area contributed by atoms with Crippen LogP contribution in [0.3, 0.4) is 0 Å². The molecule has 0 aliphatic carbocycles. The van der Waals surface area contributed by atoms with Crippen LogP contribution in [0.4, 0.5) is 0 Å². The van der Waals surface area contributed by atoms with Crippen LogP contribution in [-0.2, 0) is 0 Å². The minimum Gasteiger partial charge on any atom is -0.289 e. The smallest absolute Gasteiger partial charge is 0.194 e. The maximum atomic E-state index is 12.0. The van der Waals surface area contributed by atoms with Gasteiger partial charge in [0.05, 0.1) is 5.02 Å². The minimum absolute atomic E-state index is 0. The van der Waals surface area contributed by atoms with E-state index in [9.17, 15) is 4.79 Å². The summed E-state index contributed by atoms with van der Waals surface area (Å²) in [6.07, 6.45) is 0. The molecule has 0 unspecified atom stereocenters. The number of benzene rings is 2. The quantitative estimate of drug-likeness (QED) is 0.748. The van der Waals surface area contributed by atoms with Crippen molar-refractivity contribution in [2.75, 3.05) is 0 Å². The van der Waals surface area contributed by atoms with Gasteiger partial charge in [0.2, 0.25) is 0 Å². The van der Waals surface area contributed by atoms with E-state index in [0.29, 0.717) is 16.1 Å². The van der Waals surface area contributed by atoms with Gasteiger partial charge in [0.1, 0.15) is 0 Å². The molecule has 0 N–H and O–H groups in total. The predicted octanol–water partition coefficient (Wildman–Crippen LogP) is 4.41. The Balaban J connectivity index is 0.00000128. The monoisotopic (exact) mass is 288 g/mol. The Morgan fingerprint density at radius 3 is 1.94 bits per heavy atom. The summed E-state index contributed by atoms with van der Waals surface area (Å²) in [5.74, 6) is -0.0406. The third-order valence-corrected chi connectivity index (χ3v) is 2.48. The Hall–Kier alpha value is -1.02. The normalized spacial score (nSPS) is 8.76. The van der Waals surface area contributed by atoms with Crippen LogP contribution >= 0.6 is 36.4 Å². The van der Waals surface area contributed by atoms with Crippen molar-refractivity contribution in [2.24, 2.45) is 0 Å². The first-order valence-corrected chi connectivity index (χ1v) is 5.01. The topological polar surface area (TPSA) is 17.1 Å². The predicted molar refractivity (Wildman–Crippen MR) is 75.8 cm³/mol. The molecule has 2 rings (SSSR count). The second kappa shape index (κ2) is 7.33. The van der Waals surface area contributed by atoms with Crippen LogP contribution in [0.25, 0.3) is 0 Å². The van der Waals surface area contributed by atoms with E-state index >= 15 is 0 Å². The second-order valence-corrected chi connectivity index (χ2v) is 3.58. The van der Waals surface area contributed by atoms with Crippen molar-refractivity contribution >= 4 is 42.2 Å². The Morgan fingerprint density at radius 2 is 1.35 bits per heavy atom. The van der Waals surface area contributed by atoms with Crippen LogP contribution in [0.2, 0.25) is 5.02 Å². The summed E-state index contributed by atoms with van der Waals surface area (Å²) in [5, 5.41) is 0.492. The first-order chi connectivity index (χ1) is 7.29. The van der Waals surface area contributed by atoms with Crippen LogP contribution in [-0.4, -0.2) is 5.78 Å². The molecule has 0 heterocycles. The number of carbonyl (C=O) groups is 1. The van der Waals surface area contributed by atoms with Crippen LogP contribution in [0.1, 0.15) is 15.9 Å². The molecule has 0 amide bonds. The number of hydrogen-bond acceptors (Lipinski definition) is 1. The summed E-state index contributed by atoms with van der Waals surface area (Å²) in [4.78, 5) is 12.0. The van der Waals surface area contributed by atoms with Crippen molar-refractivity contribution in [1.82, 2.24) is 0 Å². The average molecular weight is 290 g/mol. The largest absolute Gasteiger partial charge is 0.289 e. The first kappa shape index (κ1) is 16.0. The van der Waals surface area contributed by atoms with Gasteiger partial charge in [-0.3, -0.25) is 4.79 Å². The van der Waals surface area contributed by atoms with Crippen LogP contribution < -0.4 is 0 Å². The zero-order chi connectivity index (χ0) is 10.7. The second-order valence-electron chi connectivity index (χ2n) is 3.17. The van der Waals surface area contributed by atoms with E-state index in [1.54, 1.807) is 24.3 Å². The van der Waals surface area contributed by atoms with Gasteiger partial charge >= 0.3 is 0 Å². The molecular formula is C13H11Cl3O. The van der Waals surface area contributed by atoms with Crippen molar-refractivity contribution in [3.63, 3.8) is 0 Å². The Bertz CT molecular complexity index is 483. The maximum absolute atomic E-state index is 12.0. The van der Waals surface area contributed by atoms with Gasteiger partial charge in [-0.25, -0.2) is 0 Å². The number of hydrogen-bond donors (Lipinski definition) is 0. The lowest BCUT2D eigenvalue weighted by Gasteiger charge is -2.02.